The number of halogens is 2. The molecule has 0 spiro atoms. The van der Waals surface area contributed by atoms with E-state index in [1.54, 1.807) is 31.3 Å². The van der Waals surface area contributed by atoms with Gasteiger partial charge in [-0.3, -0.25) is 4.90 Å². The highest BCUT2D eigenvalue weighted by molar-refractivity contribution is 7.90. The summed E-state index contributed by atoms with van der Waals surface area (Å²) in [6.07, 6.45) is 5.06. The summed E-state index contributed by atoms with van der Waals surface area (Å²) >= 11 is 6.51. The summed E-state index contributed by atoms with van der Waals surface area (Å²) in [5.41, 5.74) is 2.60. The predicted octanol–water partition coefficient (Wildman–Crippen LogP) is 5.05. The fourth-order valence-corrected chi connectivity index (χ4v) is 7.15. The third kappa shape index (κ3) is 5.70. The molecule has 2 aliphatic rings. The molecule has 0 radical (unpaired) electrons. The Labute approximate surface area is 251 Å². The van der Waals surface area contributed by atoms with E-state index < -0.39 is 10.0 Å². The lowest BCUT2D eigenvalue weighted by Crippen LogP contribution is -2.52. The Kier molecular flexibility index (Phi) is 8.10. The average molecular weight is 612 g/mol. The van der Waals surface area contributed by atoms with Gasteiger partial charge in [-0.2, -0.15) is 0 Å². The third-order valence-corrected chi connectivity index (χ3v) is 10.3. The fraction of sp³-hybridized carbons (Fsp3) is 0.400. The standard InChI is InChI=1S/C30H35ClFN7O2S/c1-3-42(40,41)39-20-24(23-6-4-5-7-27(23)39)29-25(31)19-33-30(35-29)34-21-8-9-28(26(32)18-21)38-12-10-22(11-13-38)37-16-14-36(2)15-17-37/h4-9,18-20,22H,3,10-17H2,1-2H3,(H,33,34,35). The van der Waals surface area contributed by atoms with Gasteiger partial charge in [-0.05, 0) is 51.1 Å². The minimum Gasteiger partial charge on any atom is -0.369 e. The summed E-state index contributed by atoms with van der Waals surface area (Å²) in [5.74, 6) is -0.129. The van der Waals surface area contributed by atoms with Crippen LogP contribution in [0.15, 0.2) is 54.9 Å². The van der Waals surface area contributed by atoms with E-state index in [9.17, 15) is 8.42 Å². The summed E-state index contributed by atoms with van der Waals surface area (Å²) in [4.78, 5) is 16.0. The number of likely N-dealkylation sites (N-methyl/N-ethyl adjacent to an activating group) is 1. The second-order valence-electron chi connectivity index (χ2n) is 11.0. The largest absolute Gasteiger partial charge is 0.369 e. The maximum Gasteiger partial charge on any atom is 0.238 e. The molecule has 2 aromatic heterocycles. The van der Waals surface area contributed by atoms with Crippen molar-refractivity contribution in [2.24, 2.45) is 0 Å². The molecule has 0 amide bonds. The molecule has 9 nitrogen and oxygen atoms in total. The molecule has 2 aromatic carbocycles. The van der Waals surface area contributed by atoms with Gasteiger partial charge >= 0.3 is 0 Å². The van der Waals surface area contributed by atoms with Crippen molar-refractivity contribution >= 4 is 49.9 Å². The zero-order chi connectivity index (χ0) is 29.4. The maximum atomic E-state index is 15.3. The van der Waals surface area contributed by atoms with Crippen molar-refractivity contribution in [2.75, 3.05) is 62.3 Å². The van der Waals surface area contributed by atoms with Crippen LogP contribution in [-0.2, 0) is 10.0 Å². The van der Waals surface area contributed by atoms with Gasteiger partial charge in [-0.15, -0.1) is 0 Å². The minimum absolute atomic E-state index is 0.0503. The Morgan fingerprint density at radius 3 is 2.50 bits per heavy atom. The van der Waals surface area contributed by atoms with Crippen molar-refractivity contribution in [1.29, 1.82) is 0 Å². The summed E-state index contributed by atoms with van der Waals surface area (Å²) in [6.45, 7) is 7.66. The van der Waals surface area contributed by atoms with Gasteiger partial charge in [-0.25, -0.2) is 26.7 Å². The topological polar surface area (TPSA) is 86.6 Å². The highest BCUT2D eigenvalue weighted by atomic mass is 35.5. The molecule has 2 fully saturated rings. The normalized spacial score (nSPS) is 17.7. The molecule has 0 aliphatic carbocycles. The highest BCUT2D eigenvalue weighted by Gasteiger charge is 2.28. The Balaban J connectivity index is 1.19. The molecule has 1 N–H and O–H groups in total. The van der Waals surface area contributed by atoms with E-state index in [1.165, 1.54) is 16.2 Å². The van der Waals surface area contributed by atoms with Crippen LogP contribution in [0.25, 0.3) is 22.2 Å². The number of hydrogen-bond donors (Lipinski definition) is 1. The highest BCUT2D eigenvalue weighted by Crippen LogP contribution is 2.35. The zero-order valence-electron chi connectivity index (χ0n) is 23.8. The second kappa shape index (κ2) is 11.8. The van der Waals surface area contributed by atoms with Crippen LogP contribution in [0.4, 0.5) is 21.7 Å². The number of benzene rings is 2. The molecular weight excluding hydrogens is 577 g/mol. The van der Waals surface area contributed by atoms with E-state index >= 15 is 4.39 Å². The first kappa shape index (κ1) is 28.9. The Bertz CT molecular complexity index is 1700. The molecule has 2 saturated heterocycles. The van der Waals surface area contributed by atoms with Crippen LogP contribution in [0.5, 0.6) is 0 Å². The lowest BCUT2D eigenvalue weighted by atomic mass is 10.0. The van der Waals surface area contributed by atoms with Crippen molar-refractivity contribution in [1.82, 2.24) is 23.7 Å². The van der Waals surface area contributed by atoms with Gasteiger partial charge in [0.2, 0.25) is 16.0 Å². The SMILES string of the molecule is CCS(=O)(=O)n1cc(-c2nc(Nc3ccc(N4CCC(N5CCN(C)CC5)CC4)c(F)c3)ncc2Cl)c2ccccc21. The van der Waals surface area contributed by atoms with Crippen molar-refractivity contribution in [3.63, 3.8) is 0 Å². The maximum absolute atomic E-state index is 15.3. The monoisotopic (exact) mass is 611 g/mol. The number of rotatable bonds is 7. The van der Waals surface area contributed by atoms with Crippen LogP contribution in [0.3, 0.4) is 0 Å². The lowest BCUT2D eigenvalue weighted by Gasteiger charge is -2.42. The van der Waals surface area contributed by atoms with Crippen molar-refractivity contribution in [3.8, 4) is 11.3 Å². The molecule has 42 heavy (non-hydrogen) atoms. The number of fused-ring (bicyclic) bond motifs is 1. The van der Waals surface area contributed by atoms with Gasteiger partial charge in [0.25, 0.3) is 0 Å². The van der Waals surface area contributed by atoms with Gasteiger partial charge in [-0.1, -0.05) is 29.8 Å². The molecule has 2 aliphatic heterocycles. The lowest BCUT2D eigenvalue weighted by molar-refractivity contribution is 0.0981. The quantitative estimate of drug-likeness (QED) is 0.311. The number of nitrogens with zero attached hydrogens (tertiary/aromatic N) is 6. The molecular formula is C30H35ClFN7O2S. The molecule has 4 aromatic rings. The molecule has 0 atom stereocenters. The number of para-hydroxylation sites is 1. The first-order valence-corrected chi connectivity index (χ1v) is 16.3. The van der Waals surface area contributed by atoms with Crippen LogP contribution < -0.4 is 10.2 Å². The van der Waals surface area contributed by atoms with Gasteiger partial charge < -0.3 is 15.1 Å². The van der Waals surface area contributed by atoms with E-state index in [0.717, 1.165) is 52.1 Å². The Morgan fingerprint density at radius 2 is 1.79 bits per heavy atom. The minimum atomic E-state index is -3.55. The summed E-state index contributed by atoms with van der Waals surface area (Å²) in [7, 11) is -1.38. The van der Waals surface area contributed by atoms with E-state index in [4.69, 9.17) is 11.6 Å². The smallest absolute Gasteiger partial charge is 0.238 e. The molecule has 0 saturated carbocycles. The third-order valence-electron chi connectivity index (χ3n) is 8.40. The fourth-order valence-electron chi connectivity index (χ4n) is 5.95. The van der Waals surface area contributed by atoms with Crippen LogP contribution in [-0.4, -0.2) is 90.3 Å². The molecule has 4 heterocycles. The Morgan fingerprint density at radius 1 is 1.05 bits per heavy atom. The summed E-state index contributed by atoms with van der Waals surface area (Å²) in [6, 6.07) is 12.8. The van der Waals surface area contributed by atoms with Gasteiger partial charge in [0.1, 0.15) is 5.82 Å². The number of piperidine rings is 1. The van der Waals surface area contributed by atoms with Crippen LogP contribution in [0.2, 0.25) is 5.02 Å². The molecule has 6 rings (SSSR count). The van der Waals surface area contributed by atoms with Crippen molar-refractivity contribution in [2.45, 2.75) is 25.8 Å². The Hall–Kier alpha value is -3.25. The van der Waals surface area contributed by atoms with Crippen molar-refractivity contribution < 1.29 is 12.8 Å². The predicted molar refractivity (Wildman–Crippen MR) is 167 cm³/mol. The van der Waals surface area contributed by atoms with Crippen LogP contribution >= 0.6 is 11.6 Å². The molecule has 0 unspecified atom stereocenters. The number of hydrogen-bond acceptors (Lipinski definition) is 8. The molecule has 222 valence electrons. The number of anilines is 3. The molecule has 12 heteroatoms. The number of aromatic nitrogens is 3. The van der Waals surface area contributed by atoms with Gasteiger partial charge in [0, 0.05) is 68.1 Å². The van der Waals surface area contributed by atoms with Crippen LogP contribution in [0.1, 0.15) is 19.8 Å². The summed E-state index contributed by atoms with van der Waals surface area (Å²) in [5, 5.41) is 4.07. The first-order chi connectivity index (χ1) is 20.2. The van der Waals surface area contributed by atoms with Crippen molar-refractivity contribution in [3.05, 3.63) is 65.7 Å². The number of nitrogens with one attached hydrogen (secondary N) is 1. The number of piperazine rings is 1. The zero-order valence-corrected chi connectivity index (χ0v) is 25.4. The van der Waals surface area contributed by atoms with E-state index in [-0.39, 0.29) is 22.5 Å². The van der Waals surface area contributed by atoms with E-state index in [1.807, 2.05) is 18.2 Å². The second-order valence-corrected chi connectivity index (χ2v) is 13.5. The van der Waals surface area contributed by atoms with Gasteiger partial charge in [0.05, 0.1) is 33.9 Å². The average Bonchev–Trinajstić information content (AvgIpc) is 3.39. The van der Waals surface area contributed by atoms with E-state index in [2.05, 4.69) is 37.0 Å². The summed E-state index contributed by atoms with van der Waals surface area (Å²) < 4.78 is 42.1. The molecule has 0 bridgehead atoms. The first-order valence-electron chi connectivity index (χ1n) is 14.3. The van der Waals surface area contributed by atoms with E-state index in [0.29, 0.717) is 39.6 Å². The van der Waals surface area contributed by atoms with Crippen LogP contribution in [0, 0.1) is 5.82 Å². The van der Waals surface area contributed by atoms with Gasteiger partial charge in [0.15, 0.2) is 0 Å².